The van der Waals surface area contributed by atoms with Crippen LogP contribution in [0.25, 0.3) is 6.08 Å². The fourth-order valence-corrected chi connectivity index (χ4v) is 2.89. The van der Waals surface area contributed by atoms with E-state index in [4.69, 9.17) is 27.5 Å². The molecule has 0 saturated carbocycles. The van der Waals surface area contributed by atoms with Crippen LogP contribution in [0.2, 0.25) is 5.02 Å². The van der Waals surface area contributed by atoms with Crippen molar-refractivity contribution in [3.8, 4) is 23.8 Å². The zero-order chi connectivity index (χ0) is 21.0. The lowest BCUT2D eigenvalue weighted by Crippen LogP contribution is -2.54. The maximum Gasteiger partial charge on any atom is 0.335 e. The van der Waals surface area contributed by atoms with E-state index in [-0.39, 0.29) is 22.9 Å². The normalized spacial score (nSPS) is 15.1. The number of rotatable bonds is 5. The summed E-state index contributed by atoms with van der Waals surface area (Å²) < 4.78 is 10.6. The highest BCUT2D eigenvalue weighted by Crippen LogP contribution is 2.31. The molecule has 2 aromatic rings. The molecular formula is C21H15ClN2O5. The Morgan fingerprint density at radius 2 is 1.97 bits per heavy atom. The van der Waals surface area contributed by atoms with E-state index >= 15 is 0 Å². The number of hydrogen-bond donors (Lipinski definition) is 1. The van der Waals surface area contributed by atoms with Crippen molar-refractivity contribution in [2.45, 2.75) is 0 Å². The molecule has 1 saturated heterocycles. The van der Waals surface area contributed by atoms with Gasteiger partial charge in [-0.05, 0) is 30.3 Å². The van der Waals surface area contributed by atoms with E-state index in [0.29, 0.717) is 17.1 Å². The number of barbiturate groups is 1. The minimum absolute atomic E-state index is 0.0201. The van der Waals surface area contributed by atoms with Gasteiger partial charge in [-0.3, -0.25) is 14.9 Å². The van der Waals surface area contributed by atoms with Gasteiger partial charge in [0.2, 0.25) is 0 Å². The summed E-state index contributed by atoms with van der Waals surface area (Å²) in [5, 5.41) is 2.33. The van der Waals surface area contributed by atoms with Gasteiger partial charge in [0.15, 0.2) is 0 Å². The molecular weight excluding hydrogens is 396 g/mol. The zero-order valence-electron chi connectivity index (χ0n) is 15.3. The van der Waals surface area contributed by atoms with Crippen LogP contribution in [0, 0.1) is 12.3 Å². The number of anilines is 1. The third-order valence-corrected chi connectivity index (χ3v) is 4.35. The van der Waals surface area contributed by atoms with Crippen molar-refractivity contribution in [3.05, 3.63) is 58.6 Å². The molecule has 1 fully saturated rings. The Kier molecular flexibility index (Phi) is 5.86. The number of terminal acetylenes is 1. The standard InChI is InChI=1S/C21H15ClN2O5/c1-3-10-29-18-12-14(28-2)9-8-13(18)11-15-19(25)23-21(27)24(20(15)26)17-7-5-4-6-16(17)22/h1,4-9,11-12H,10H2,2H3,(H,23,25,27)/b15-11+. The average Bonchev–Trinajstić information content (AvgIpc) is 2.71. The summed E-state index contributed by atoms with van der Waals surface area (Å²) in [5.41, 5.74) is 0.307. The van der Waals surface area contributed by atoms with E-state index < -0.39 is 17.8 Å². The number of benzene rings is 2. The lowest BCUT2D eigenvalue weighted by molar-refractivity contribution is -0.122. The first kappa shape index (κ1) is 20.0. The molecule has 29 heavy (non-hydrogen) atoms. The Morgan fingerprint density at radius 1 is 1.21 bits per heavy atom. The maximum atomic E-state index is 13.0. The van der Waals surface area contributed by atoms with Gasteiger partial charge < -0.3 is 9.47 Å². The molecule has 0 aromatic heterocycles. The lowest BCUT2D eigenvalue weighted by Gasteiger charge is -2.27. The minimum Gasteiger partial charge on any atom is -0.497 e. The Balaban J connectivity index is 2.05. The molecule has 1 aliphatic heterocycles. The van der Waals surface area contributed by atoms with Crippen LogP contribution < -0.4 is 19.7 Å². The van der Waals surface area contributed by atoms with E-state index in [1.807, 2.05) is 0 Å². The minimum atomic E-state index is -0.885. The summed E-state index contributed by atoms with van der Waals surface area (Å²) in [6.45, 7) is -0.0201. The van der Waals surface area contributed by atoms with Gasteiger partial charge in [0.05, 0.1) is 17.8 Å². The highest BCUT2D eigenvalue weighted by atomic mass is 35.5. The fourth-order valence-electron chi connectivity index (χ4n) is 2.67. The molecule has 4 amide bonds. The van der Waals surface area contributed by atoms with E-state index in [0.717, 1.165) is 4.90 Å². The van der Waals surface area contributed by atoms with Crippen LogP contribution in [0.1, 0.15) is 5.56 Å². The number of carbonyl (C=O) groups excluding carboxylic acids is 3. The zero-order valence-corrected chi connectivity index (χ0v) is 16.0. The first-order valence-electron chi connectivity index (χ1n) is 8.36. The molecule has 7 nitrogen and oxygen atoms in total. The van der Waals surface area contributed by atoms with Crippen molar-refractivity contribution in [1.82, 2.24) is 5.32 Å². The molecule has 0 radical (unpaired) electrons. The van der Waals surface area contributed by atoms with Crippen molar-refractivity contribution < 1.29 is 23.9 Å². The predicted octanol–water partition coefficient (Wildman–Crippen LogP) is 3.03. The molecule has 3 rings (SSSR count). The predicted molar refractivity (Wildman–Crippen MR) is 108 cm³/mol. The van der Waals surface area contributed by atoms with Crippen LogP contribution in [0.3, 0.4) is 0 Å². The van der Waals surface area contributed by atoms with E-state index in [9.17, 15) is 14.4 Å². The van der Waals surface area contributed by atoms with E-state index in [1.54, 1.807) is 30.3 Å². The Bertz CT molecular complexity index is 1070. The van der Waals surface area contributed by atoms with Crippen LogP contribution in [0.15, 0.2) is 48.0 Å². The quantitative estimate of drug-likeness (QED) is 0.465. The third kappa shape index (κ3) is 4.08. The summed E-state index contributed by atoms with van der Waals surface area (Å²) in [7, 11) is 1.49. The number of ether oxygens (including phenoxy) is 2. The molecule has 1 N–H and O–H groups in total. The summed E-state index contributed by atoms with van der Waals surface area (Å²) in [5.74, 6) is 1.52. The van der Waals surface area contributed by atoms with Gasteiger partial charge in [-0.2, -0.15) is 0 Å². The molecule has 0 bridgehead atoms. The van der Waals surface area contributed by atoms with Crippen LogP contribution in [-0.4, -0.2) is 31.6 Å². The van der Waals surface area contributed by atoms with Gasteiger partial charge in [0.1, 0.15) is 23.7 Å². The van der Waals surface area contributed by atoms with E-state index in [1.165, 1.54) is 25.3 Å². The first-order chi connectivity index (χ1) is 14.0. The van der Waals surface area contributed by atoms with Crippen molar-refractivity contribution >= 4 is 41.2 Å². The largest absolute Gasteiger partial charge is 0.497 e. The molecule has 0 atom stereocenters. The van der Waals surface area contributed by atoms with Gasteiger partial charge in [-0.25, -0.2) is 9.69 Å². The van der Waals surface area contributed by atoms with Crippen molar-refractivity contribution in [2.24, 2.45) is 0 Å². The highest BCUT2D eigenvalue weighted by molar-refractivity contribution is 6.42. The first-order valence-corrected chi connectivity index (χ1v) is 8.74. The van der Waals surface area contributed by atoms with Gasteiger partial charge in [0.25, 0.3) is 11.8 Å². The number of amides is 4. The molecule has 0 spiro atoms. The smallest absolute Gasteiger partial charge is 0.335 e. The molecule has 1 heterocycles. The third-order valence-electron chi connectivity index (χ3n) is 4.03. The Labute approximate surface area is 171 Å². The summed E-state index contributed by atoms with van der Waals surface area (Å²) >= 11 is 6.12. The molecule has 8 heteroatoms. The van der Waals surface area contributed by atoms with Crippen LogP contribution in [-0.2, 0) is 9.59 Å². The lowest BCUT2D eigenvalue weighted by atomic mass is 10.1. The van der Waals surface area contributed by atoms with Gasteiger partial charge in [0, 0.05) is 11.6 Å². The van der Waals surface area contributed by atoms with Crippen LogP contribution in [0.4, 0.5) is 10.5 Å². The summed E-state index contributed by atoms with van der Waals surface area (Å²) in [4.78, 5) is 38.4. The molecule has 0 aliphatic carbocycles. The topological polar surface area (TPSA) is 84.9 Å². The number of nitrogens with zero attached hydrogens (tertiary/aromatic N) is 1. The molecule has 146 valence electrons. The number of carbonyl (C=O) groups is 3. The van der Waals surface area contributed by atoms with Crippen LogP contribution >= 0.6 is 11.6 Å². The molecule has 1 aliphatic rings. The Morgan fingerprint density at radius 3 is 2.66 bits per heavy atom. The summed E-state index contributed by atoms with van der Waals surface area (Å²) in [6, 6.07) is 10.2. The monoisotopic (exact) mass is 410 g/mol. The van der Waals surface area contributed by atoms with Crippen LogP contribution in [0.5, 0.6) is 11.5 Å². The fraction of sp³-hybridized carbons (Fsp3) is 0.0952. The number of nitrogens with one attached hydrogen (secondary N) is 1. The molecule has 0 unspecified atom stereocenters. The van der Waals surface area contributed by atoms with E-state index in [2.05, 4.69) is 11.2 Å². The van der Waals surface area contributed by atoms with Gasteiger partial charge in [-0.15, -0.1) is 6.42 Å². The number of hydrogen-bond acceptors (Lipinski definition) is 5. The van der Waals surface area contributed by atoms with Gasteiger partial charge >= 0.3 is 6.03 Å². The second-order valence-electron chi connectivity index (χ2n) is 5.81. The maximum absolute atomic E-state index is 13.0. The second kappa shape index (κ2) is 8.50. The summed E-state index contributed by atoms with van der Waals surface area (Å²) in [6.07, 6.45) is 6.56. The highest BCUT2D eigenvalue weighted by Gasteiger charge is 2.37. The molecule has 2 aromatic carbocycles. The Hall–Kier alpha value is -3.76. The van der Waals surface area contributed by atoms with Crippen molar-refractivity contribution in [1.29, 1.82) is 0 Å². The second-order valence-corrected chi connectivity index (χ2v) is 6.21. The van der Waals surface area contributed by atoms with Gasteiger partial charge in [-0.1, -0.05) is 29.7 Å². The number of para-hydroxylation sites is 1. The van der Waals surface area contributed by atoms with Crippen molar-refractivity contribution in [3.63, 3.8) is 0 Å². The average molecular weight is 411 g/mol. The number of urea groups is 1. The SMILES string of the molecule is C#CCOc1cc(OC)ccc1/C=C1\C(=O)NC(=O)N(c2ccccc2Cl)C1=O. The number of halogens is 1. The van der Waals surface area contributed by atoms with Crippen molar-refractivity contribution in [2.75, 3.05) is 18.6 Å². The number of imide groups is 2. The number of methoxy groups -OCH3 is 1.